The summed E-state index contributed by atoms with van der Waals surface area (Å²) >= 11 is 5.16. The number of methoxy groups -OCH3 is 3. The van der Waals surface area contributed by atoms with Crippen LogP contribution in [0.15, 0.2) is 36.7 Å². The summed E-state index contributed by atoms with van der Waals surface area (Å²) in [5, 5.41) is 3.12. The Hall–Kier alpha value is -3.07. The maximum absolute atomic E-state index is 11.9. The number of hydrogen-bond donors (Lipinski definition) is 3. The molecular formula is C16H18N4O4S. The Labute approximate surface area is 150 Å². The molecule has 0 spiro atoms. The number of rotatable bonds is 5. The molecule has 0 aliphatic heterocycles. The third-order valence-corrected chi connectivity index (χ3v) is 3.36. The number of hydrogen-bond acceptors (Lipinski definition) is 6. The van der Waals surface area contributed by atoms with Crippen molar-refractivity contribution in [2.45, 2.75) is 0 Å². The molecule has 1 heterocycles. The summed E-state index contributed by atoms with van der Waals surface area (Å²) in [7, 11) is 4.56. The van der Waals surface area contributed by atoms with E-state index in [0.717, 1.165) is 0 Å². The fraction of sp³-hybridized carbons (Fsp3) is 0.188. The van der Waals surface area contributed by atoms with E-state index in [-0.39, 0.29) is 11.0 Å². The number of anilines is 1. The molecule has 25 heavy (non-hydrogen) atoms. The van der Waals surface area contributed by atoms with Gasteiger partial charge < -0.3 is 19.5 Å². The largest absolute Gasteiger partial charge is 0.493 e. The van der Waals surface area contributed by atoms with Crippen LogP contribution in [0.25, 0.3) is 0 Å². The third-order valence-electron chi connectivity index (χ3n) is 3.15. The number of amides is 1. The van der Waals surface area contributed by atoms with Gasteiger partial charge in [0.25, 0.3) is 5.91 Å². The summed E-state index contributed by atoms with van der Waals surface area (Å²) in [6.45, 7) is 0. The topological polar surface area (TPSA) is 93.7 Å². The van der Waals surface area contributed by atoms with E-state index in [0.29, 0.717) is 28.5 Å². The van der Waals surface area contributed by atoms with Gasteiger partial charge in [-0.15, -0.1) is 0 Å². The lowest BCUT2D eigenvalue weighted by atomic mass is 10.2. The Balaban J connectivity index is 2.02. The third kappa shape index (κ3) is 4.70. The van der Waals surface area contributed by atoms with Crippen LogP contribution in [0.5, 0.6) is 17.2 Å². The van der Waals surface area contributed by atoms with Gasteiger partial charge >= 0.3 is 0 Å². The first-order chi connectivity index (χ1) is 12.1. The first-order valence-electron chi connectivity index (χ1n) is 7.16. The summed E-state index contributed by atoms with van der Waals surface area (Å²) in [6.07, 6.45) is 3.06. The highest BCUT2D eigenvalue weighted by atomic mass is 32.1. The predicted octanol–water partition coefficient (Wildman–Crippen LogP) is 1.74. The highest BCUT2D eigenvalue weighted by Gasteiger charge is 2.14. The number of thiocarbonyl (C=S) groups is 1. The number of pyridine rings is 1. The average Bonchev–Trinajstić information content (AvgIpc) is 2.65. The predicted molar refractivity (Wildman–Crippen MR) is 97.2 cm³/mol. The van der Waals surface area contributed by atoms with Gasteiger partial charge in [0, 0.05) is 35.8 Å². The molecule has 3 N–H and O–H groups in total. The number of hydrazine groups is 1. The van der Waals surface area contributed by atoms with Crippen molar-refractivity contribution in [2.24, 2.45) is 0 Å². The summed E-state index contributed by atoms with van der Waals surface area (Å²) < 4.78 is 15.8. The zero-order valence-corrected chi connectivity index (χ0v) is 14.8. The van der Waals surface area contributed by atoms with Gasteiger partial charge in [-0.1, -0.05) is 0 Å². The minimum Gasteiger partial charge on any atom is -0.493 e. The molecule has 2 aromatic rings. The average molecular weight is 362 g/mol. The van der Waals surface area contributed by atoms with Crippen molar-refractivity contribution >= 4 is 28.9 Å². The van der Waals surface area contributed by atoms with E-state index >= 15 is 0 Å². The molecule has 132 valence electrons. The van der Waals surface area contributed by atoms with Gasteiger partial charge in [-0.25, -0.2) is 0 Å². The van der Waals surface area contributed by atoms with Crippen LogP contribution in [0.3, 0.4) is 0 Å². The second-order valence-electron chi connectivity index (χ2n) is 4.68. The normalized spacial score (nSPS) is 9.72. The molecule has 0 atom stereocenters. The van der Waals surface area contributed by atoms with Gasteiger partial charge in [-0.2, -0.15) is 0 Å². The molecule has 1 amide bonds. The van der Waals surface area contributed by atoms with Crippen LogP contribution in [0.1, 0.15) is 10.4 Å². The number of ether oxygens (including phenoxy) is 3. The van der Waals surface area contributed by atoms with Gasteiger partial charge in [-0.3, -0.25) is 20.6 Å². The van der Waals surface area contributed by atoms with Crippen molar-refractivity contribution in [1.29, 1.82) is 0 Å². The van der Waals surface area contributed by atoms with E-state index in [1.165, 1.54) is 33.7 Å². The van der Waals surface area contributed by atoms with Crippen LogP contribution >= 0.6 is 12.2 Å². The van der Waals surface area contributed by atoms with E-state index < -0.39 is 0 Å². The van der Waals surface area contributed by atoms with E-state index in [1.807, 2.05) is 0 Å². The van der Waals surface area contributed by atoms with E-state index in [9.17, 15) is 4.79 Å². The highest BCUT2D eigenvalue weighted by Crippen LogP contribution is 2.39. The molecule has 2 rings (SSSR count). The van der Waals surface area contributed by atoms with Gasteiger partial charge in [0.1, 0.15) is 0 Å². The van der Waals surface area contributed by atoms with Crippen LogP contribution in [0.4, 0.5) is 5.69 Å². The molecule has 1 aromatic carbocycles. The number of carbonyl (C=O) groups excluding carboxylic acids is 1. The Kier molecular flexibility index (Phi) is 6.35. The molecule has 1 aromatic heterocycles. The monoisotopic (exact) mass is 362 g/mol. The molecule has 0 saturated carbocycles. The van der Waals surface area contributed by atoms with Crippen molar-refractivity contribution < 1.29 is 19.0 Å². The number of benzene rings is 1. The summed E-state index contributed by atoms with van der Waals surface area (Å²) in [5.41, 5.74) is 6.17. The molecule has 0 saturated heterocycles. The van der Waals surface area contributed by atoms with Crippen LogP contribution in [-0.2, 0) is 0 Å². The maximum Gasteiger partial charge on any atom is 0.269 e. The minimum absolute atomic E-state index is 0.191. The fourth-order valence-corrected chi connectivity index (χ4v) is 2.17. The second kappa shape index (κ2) is 8.69. The lowest BCUT2D eigenvalue weighted by molar-refractivity contribution is 0.0944. The molecule has 0 aliphatic carbocycles. The zero-order chi connectivity index (χ0) is 18.2. The molecular weight excluding hydrogens is 344 g/mol. The van der Waals surface area contributed by atoms with Crippen molar-refractivity contribution in [3.8, 4) is 17.2 Å². The van der Waals surface area contributed by atoms with Gasteiger partial charge in [0.15, 0.2) is 16.6 Å². The van der Waals surface area contributed by atoms with Crippen LogP contribution in [0, 0.1) is 0 Å². The van der Waals surface area contributed by atoms with Crippen LogP contribution in [-0.4, -0.2) is 37.3 Å². The summed E-state index contributed by atoms with van der Waals surface area (Å²) in [5.74, 6) is 1.10. The Morgan fingerprint density at radius 3 is 2.12 bits per heavy atom. The van der Waals surface area contributed by atoms with E-state index in [4.69, 9.17) is 26.4 Å². The smallest absolute Gasteiger partial charge is 0.269 e. The molecule has 0 fully saturated rings. The molecule has 0 radical (unpaired) electrons. The van der Waals surface area contributed by atoms with E-state index in [1.54, 1.807) is 24.3 Å². The van der Waals surface area contributed by atoms with Crippen molar-refractivity contribution in [3.63, 3.8) is 0 Å². The van der Waals surface area contributed by atoms with Crippen LogP contribution in [0.2, 0.25) is 0 Å². The zero-order valence-electron chi connectivity index (χ0n) is 14.0. The molecule has 9 heteroatoms. The minimum atomic E-state index is -0.337. The Morgan fingerprint density at radius 2 is 1.60 bits per heavy atom. The SMILES string of the molecule is COc1cc(NC(=S)NNC(=O)c2ccncc2)cc(OC)c1OC. The lowest BCUT2D eigenvalue weighted by Crippen LogP contribution is -2.43. The number of carbonyl (C=O) groups is 1. The summed E-state index contributed by atoms with van der Waals surface area (Å²) in [6, 6.07) is 6.57. The highest BCUT2D eigenvalue weighted by molar-refractivity contribution is 7.80. The fourth-order valence-electron chi connectivity index (χ4n) is 2.00. The standard InChI is InChI=1S/C16H18N4O4S/c1-22-12-8-11(9-13(23-2)14(12)24-3)18-16(25)20-19-15(21)10-4-6-17-7-5-10/h4-9H,1-3H3,(H,19,21)(H2,18,20,25). The van der Waals surface area contributed by atoms with Crippen molar-refractivity contribution in [1.82, 2.24) is 15.8 Å². The second-order valence-corrected chi connectivity index (χ2v) is 5.09. The Morgan fingerprint density at radius 1 is 1.00 bits per heavy atom. The van der Waals surface area contributed by atoms with Gasteiger partial charge in [0.05, 0.1) is 21.3 Å². The molecule has 0 unspecified atom stereocenters. The molecule has 8 nitrogen and oxygen atoms in total. The summed E-state index contributed by atoms with van der Waals surface area (Å²) in [4.78, 5) is 15.8. The molecule has 0 aliphatic rings. The van der Waals surface area contributed by atoms with Crippen molar-refractivity contribution in [3.05, 3.63) is 42.2 Å². The number of nitrogens with zero attached hydrogens (tertiary/aromatic N) is 1. The van der Waals surface area contributed by atoms with E-state index in [2.05, 4.69) is 21.2 Å². The van der Waals surface area contributed by atoms with Crippen LogP contribution < -0.4 is 30.4 Å². The van der Waals surface area contributed by atoms with Gasteiger partial charge in [-0.05, 0) is 24.4 Å². The quantitative estimate of drug-likeness (QED) is 0.547. The maximum atomic E-state index is 11.9. The number of nitrogens with one attached hydrogen (secondary N) is 3. The van der Waals surface area contributed by atoms with Crippen molar-refractivity contribution in [2.75, 3.05) is 26.6 Å². The molecule has 0 bridgehead atoms. The first-order valence-corrected chi connectivity index (χ1v) is 7.57. The number of aromatic nitrogens is 1. The first kappa shape index (κ1) is 18.3. The Bertz CT molecular complexity index is 730. The lowest BCUT2D eigenvalue weighted by Gasteiger charge is -2.16. The van der Waals surface area contributed by atoms with Gasteiger partial charge in [0.2, 0.25) is 5.75 Å².